The molecule has 17 heavy (non-hydrogen) atoms. The summed E-state index contributed by atoms with van der Waals surface area (Å²) in [4.78, 5) is 21.9. The van der Waals surface area contributed by atoms with E-state index in [1.165, 1.54) is 0 Å². The van der Waals surface area contributed by atoms with Crippen molar-refractivity contribution in [3.8, 4) is 0 Å². The quantitative estimate of drug-likeness (QED) is 0.732. The van der Waals surface area contributed by atoms with E-state index in [9.17, 15) is 22.8 Å². The number of alkyl halides is 3. The summed E-state index contributed by atoms with van der Waals surface area (Å²) in [5.41, 5.74) is 0. The predicted molar refractivity (Wildman–Crippen MR) is 54.0 cm³/mol. The highest BCUT2D eigenvalue weighted by molar-refractivity contribution is 5.82. The van der Waals surface area contributed by atoms with Gasteiger partial charge in [-0.1, -0.05) is 12.8 Å². The first kappa shape index (κ1) is 13.8. The van der Waals surface area contributed by atoms with Crippen LogP contribution in [-0.4, -0.2) is 31.1 Å². The van der Waals surface area contributed by atoms with Gasteiger partial charge in [0.2, 0.25) is 5.91 Å². The lowest BCUT2D eigenvalue weighted by Gasteiger charge is -2.11. The van der Waals surface area contributed by atoms with E-state index < -0.39 is 12.1 Å². The Morgan fingerprint density at radius 2 is 1.59 bits per heavy atom. The van der Waals surface area contributed by atoms with Crippen LogP contribution in [0.2, 0.25) is 0 Å². The van der Waals surface area contributed by atoms with Crippen LogP contribution in [0.3, 0.4) is 0 Å². The van der Waals surface area contributed by atoms with Crippen LogP contribution in [0.4, 0.5) is 13.2 Å². The van der Waals surface area contributed by atoms with E-state index in [0.29, 0.717) is 0 Å². The van der Waals surface area contributed by atoms with E-state index in [1.807, 2.05) is 0 Å². The van der Waals surface area contributed by atoms with E-state index in [-0.39, 0.29) is 24.9 Å². The number of hydrogen-bond donors (Lipinski definition) is 2. The first-order chi connectivity index (χ1) is 7.91. The lowest BCUT2D eigenvalue weighted by atomic mass is 10.1. The third-order valence-corrected chi connectivity index (χ3v) is 2.69. The summed E-state index contributed by atoms with van der Waals surface area (Å²) in [5.74, 6) is -2.13. The van der Waals surface area contributed by atoms with Crippen molar-refractivity contribution in [3.63, 3.8) is 0 Å². The van der Waals surface area contributed by atoms with Crippen molar-refractivity contribution < 1.29 is 22.8 Å². The molecule has 0 saturated heterocycles. The van der Waals surface area contributed by atoms with Gasteiger partial charge in [-0.15, -0.1) is 0 Å². The third-order valence-electron chi connectivity index (χ3n) is 2.69. The fourth-order valence-corrected chi connectivity index (χ4v) is 1.79. The topological polar surface area (TPSA) is 58.2 Å². The molecule has 4 nitrogen and oxygen atoms in total. The SMILES string of the molecule is O=C(NCCNC(=O)C(F)(F)F)C1CCCC1. The summed E-state index contributed by atoms with van der Waals surface area (Å²) in [6, 6.07) is 0. The summed E-state index contributed by atoms with van der Waals surface area (Å²) in [7, 11) is 0. The number of hydrogen-bond acceptors (Lipinski definition) is 2. The largest absolute Gasteiger partial charge is 0.471 e. The van der Waals surface area contributed by atoms with E-state index in [2.05, 4.69) is 5.32 Å². The highest BCUT2D eigenvalue weighted by Gasteiger charge is 2.38. The summed E-state index contributed by atoms with van der Waals surface area (Å²) in [6.45, 7) is -0.187. The van der Waals surface area contributed by atoms with Gasteiger partial charge in [-0.3, -0.25) is 9.59 Å². The van der Waals surface area contributed by atoms with Gasteiger partial charge in [-0.2, -0.15) is 13.2 Å². The highest BCUT2D eigenvalue weighted by atomic mass is 19.4. The van der Waals surface area contributed by atoms with Gasteiger partial charge in [0.25, 0.3) is 0 Å². The maximum Gasteiger partial charge on any atom is 0.471 e. The fourth-order valence-electron chi connectivity index (χ4n) is 1.79. The zero-order chi connectivity index (χ0) is 12.9. The van der Waals surface area contributed by atoms with E-state index in [1.54, 1.807) is 5.32 Å². The molecular formula is C10H15F3N2O2. The Kier molecular flexibility index (Phi) is 4.77. The second-order valence-electron chi connectivity index (χ2n) is 4.03. The molecule has 0 aromatic rings. The molecule has 0 aliphatic heterocycles. The van der Waals surface area contributed by atoms with Gasteiger partial charge in [-0.25, -0.2) is 0 Å². The van der Waals surface area contributed by atoms with Gasteiger partial charge in [0, 0.05) is 19.0 Å². The van der Waals surface area contributed by atoms with Gasteiger partial charge in [0.1, 0.15) is 0 Å². The van der Waals surface area contributed by atoms with Crippen LogP contribution in [0.25, 0.3) is 0 Å². The first-order valence-electron chi connectivity index (χ1n) is 5.54. The molecule has 0 radical (unpaired) electrons. The zero-order valence-corrected chi connectivity index (χ0v) is 9.27. The number of halogens is 3. The number of carbonyl (C=O) groups excluding carboxylic acids is 2. The average Bonchev–Trinajstić information content (AvgIpc) is 2.75. The monoisotopic (exact) mass is 252 g/mol. The molecule has 0 heterocycles. The first-order valence-corrected chi connectivity index (χ1v) is 5.54. The maximum atomic E-state index is 11.8. The van der Waals surface area contributed by atoms with Crippen molar-refractivity contribution in [2.45, 2.75) is 31.9 Å². The Hall–Kier alpha value is -1.27. The molecule has 1 fully saturated rings. The summed E-state index contributed by atoms with van der Waals surface area (Å²) < 4.78 is 35.3. The number of amides is 2. The van der Waals surface area contributed by atoms with E-state index in [4.69, 9.17) is 0 Å². The Bertz CT molecular complexity index is 286. The summed E-state index contributed by atoms with van der Waals surface area (Å²) in [6.07, 6.45) is -1.16. The van der Waals surface area contributed by atoms with Crippen LogP contribution >= 0.6 is 0 Å². The zero-order valence-electron chi connectivity index (χ0n) is 9.27. The van der Waals surface area contributed by atoms with Crippen molar-refractivity contribution >= 4 is 11.8 Å². The Labute approximate surface area is 96.9 Å². The van der Waals surface area contributed by atoms with E-state index >= 15 is 0 Å². The molecule has 1 rings (SSSR count). The normalized spacial score (nSPS) is 16.9. The minimum Gasteiger partial charge on any atom is -0.354 e. The second kappa shape index (κ2) is 5.88. The number of nitrogens with one attached hydrogen (secondary N) is 2. The molecule has 1 aliphatic carbocycles. The molecule has 0 unspecified atom stereocenters. The van der Waals surface area contributed by atoms with Crippen LogP contribution in [0.15, 0.2) is 0 Å². The second-order valence-corrected chi connectivity index (χ2v) is 4.03. The van der Waals surface area contributed by atoms with Crippen molar-refractivity contribution in [1.29, 1.82) is 0 Å². The maximum absolute atomic E-state index is 11.8. The Morgan fingerprint density at radius 1 is 1.06 bits per heavy atom. The van der Waals surface area contributed by atoms with Crippen LogP contribution in [0, 0.1) is 5.92 Å². The van der Waals surface area contributed by atoms with Gasteiger partial charge in [-0.05, 0) is 12.8 Å². The molecule has 0 aromatic heterocycles. The summed E-state index contributed by atoms with van der Waals surface area (Å²) in [5, 5.41) is 4.20. The molecule has 0 spiro atoms. The standard InChI is InChI=1S/C10H15F3N2O2/c11-10(12,13)9(17)15-6-5-14-8(16)7-3-1-2-4-7/h7H,1-6H2,(H,14,16)(H,15,17). The summed E-state index contributed by atoms with van der Waals surface area (Å²) >= 11 is 0. The number of rotatable bonds is 4. The predicted octanol–water partition coefficient (Wildman–Crippen LogP) is 0.971. The Morgan fingerprint density at radius 3 is 2.12 bits per heavy atom. The van der Waals surface area contributed by atoms with Crippen molar-refractivity contribution in [2.24, 2.45) is 5.92 Å². The minimum absolute atomic E-state index is 0.0201. The van der Waals surface area contributed by atoms with Crippen molar-refractivity contribution in [3.05, 3.63) is 0 Å². The van der Waals surface area contributed by atoms with Crippen LogP contribution in [0.5, 0.6) is 0 Å². The molecule has 7 heteroatoms. The van der Waals surface area contributed by atoms with Crippen molar-refractivity contribution in [1.82, 2.24) is 10.6 Å². The van der Waals surface area contributed by atoms with Gasteiger partial charge in [0.05, 0.1) is 0 Å². The molecule has 0 aromatic carbocycles. The Balaban J connectivity index is 2.11. The molecular weight excluding hydrogens is 237 g/mol. The lowest BCUT2D eigenvalue weighted by molar-refractivity contribution is -0.173. The molecule has 0 atom stereocenters. The van der Waals surface area contributed by atoms with Crippen LogP contribution in [-0.2, 0) is 9.59 Å². The molecule has 2 N–H and O–H groups in total. The van der Waals surface area contributed by atoms with Crippen LogP contribution in [0.1, 0.15) is 25.7 Å². The molecule has 0 bridgehead atoms. The van der Waals surface area contributed by atoms with Gasteiger partial charge >= 0.3 is 12.1 Å². The molecule has 98 valence electrons. The average molecular weight is 252 g/mol. The fraction of sp³-hybridized carbons (Fsp3) is 0.800. The highest BCUT2D eigenvalue weighted by Crippen LogP contribution is 2.24. The van der Waals surface area contributed by atoms with E-state index in [0.717, 1.165) is 25.7 Å². The van der Waals surface area contributed by atoms with Crippen LogP contribution < -0.4 is 10.6 Å². The number of carbonyl (C=O) groups is 2. The smallest absolute Gasteiger partial charge is 0.354 e. The third kappa shape index (κ3) is 4.62. The van der Waals surface area contributed by atoms with Gasteiger partial charge in [0.15, 0.2) is 0 Å². The molecule has 2 amide bonds. The molecule has 1 saturated carbocycles. The lowest BCUT2D eigenvalue weighted by Crippen LogP contribution is -2.42. The molecule has 1 aliphatic rings. The minimum atomic E-state index is -4.87. The van der Waals surface area contributed by atoms with Gasteiger partial charge < -0.3 is 10.6 Å². The van der Waals surface area contributed by atoms with Crippen molar-refractivity contribution in [2.75, 3.05) is 13.1 Å².